The Kier molecular flexibility index (Phi) is 4.65. The third-order valence-corrected chi connectivity index (χ3v) is 2.61. The maximum Gasteiger partial charge on any atom is 0.417 e. The molecule has 1 aromatic heterocycles. The molecule has 0 saturated heterocycles. The largest absolute Gasteiger partial charge is 0.476 e. The summed E-state index contributed by atoms with van der Waals surface area (Å²) in [7, 11) is 0. The summed E-state index contributed by atoms with van der Waals surface area (Å²) in [5, 5.41) is 6.12. The first-order valence-corrected chi connectivity index (χ1v) is 6.24. The molecule has 1 aliphatic rings. The lowest BCUT2D eigenvalue weighted by Crippen LogP contribution is -2.42. The number of aromatic nitrogens is 1. The van der Waals surface area contributed by atoms with E-state index in [1.54, 1.807) is 0 Å². The van der Waals surface area contributed by atoms with Crippen molar-refractivity contribution in [2.45, 2.75) is 12.6 Å². The van der Waals surface area contributed by atoms with Crippen LogP contribution in [-0.4, -0.2) is 37.2 Å². The lowest BCUT2D eigenvalue weighted by molar-refractivity contribution is -0.137. The summed E-state index contributed by atoms with van der Waals surface area (Å²) in [6.45, 7) is 2.46. The highest BCUT2D eigenvalue weighted by Crippen LogP contribution is 2.29. The summed E-state index contributed by atoms with van der Waals surface area (Å²) >= 11 is 0. The van der Waals surface area contributed by atoms with Gasteiger partial charge in [-0.25, -0.2) is 4.98 Å². The van der Waals surface area contributed by atoms with Crippen LogP contribution >= 0.6 is 0 Å². The van der Waals surface area contributed by atoms with Crippen LogP contribution in [0.1, 0.15) is 12.0 Å². The molecule has 0 saturated carbocycles. The number of ether oxygens (including phenoxy) is 1. The molecule has 1 aliphatic heterocycles. The average molecular weight is 288 g/mol. The predicted molar refractivity (Wildman–Crippen MR) is 67.7 cm³/mol. The molecule has 110 valence electrons. The smallest absolute Gasteiger partial charge is 0.417 e. The molecule has 2 heterocycles. The van der Waals surface area contributed by atoms with Crippen molar-refractivity contribution in [1.29, 1.82) is 0 Å². The van der Waals surface area contributed by atoms with E-state index in [0.717, 1.165) is 37.7 Å². The number of nitrogens with zero attached hydrogens (tertiary/aromatic N) is 2. The predicted octanol–water partition coefficient (Wildman–Crippen LogP) is 1.42. The van der Waals surface area contributed by atoms with Gasteiger partial charge in [0.05, 0.1) is 12.1 Å². The number of alkyl halides is 3. The highest BCUT2D eigenvalue weighted by Gasteiger charge is 2.30. The monoisotopic (exact) mass is 288 g/mol. The van der Waals surface area contributed by atoms with E-state index in [1.807, 2.05) is 0 Å². The fourth-order valence-electron chi connectivity index (χ4n) is 1.61. The molecule has 0 atom stereocenters. The molecular weight excluding hydrogens is 273 g/mol. The van der Waals surface area contributed by atoms with Gasteiger partial charge in [-0.1, -0.05) is 0 Å². The van der Waals surface area contributed by atoms with Gasteiger partial charge in [-0.15, -0.1) is 0 Å². The van der Waals surface area contributed by atoms with Gasteiger partial charge in [0.25, 0.3) is 0 Å². The molecule has 0 spiro atoms. The van der Waals surface area contributed by atoms with E-state index in [9.17, 15) is 13.2 Å². The topological polar surface area (TPSA) is 58.5 Å². The molecule has 0 unspecified atom stereocenters. The Morgan fingerprint density at radius 3 is 2.80 bits per heavy atom. The summed E-state index contributed by atoms with van der Waals surface area (Å²) in [5.74, 6) is 0.888. The zero-order chi connectivity index (χ0) is 14.4. The minimum Gasteiger partial charge on any atom is -0.476 e. The van der Waals surface area contributed by atoms with Gasteiger partial charge in [-0.05, 0) is 12.5 Å². The van der Waals surface area contributed by atoms with Crippen molar-refractivity contribution in [3.8, 4) is 5.88 Å². The highest BCUT2D eigenvalue weighted by atomic mass is 19.4. The summed E-state index contributed by atoms with van der Waals surface area (Å²) in [6.07, 6.45) is -2.61. The van der Waals surface area contributed by atoms with Gasteiger partial charge >= 0.3 is 6.18 Å². The molecular formula is C12H15F3N4O. The third-order valence-electron chi connectivity index (χ3n) is 2.61. The Morgan fingerprint density at radius 1 is 1.35 bits per heavy atom. The third kappa shape index (κ3) is 4.29. The fourth-order valence-corrected chi connectivity index (χ4v) is 1.61. The van der Waals surface area contributed by atoms with Crippen LogP contribution in [0.2, 0.25) is 0 Å². The van der Waals surface area contributed by atoms with E-state index in [-0.39, 0.29) is 5.88 Å². The first kappa shape index (κ1) is 14.4. The summed E-state index contributed by atoms with van der Waals surface area (Å²) in [4.78, 5) is 7.82. The van der Waals surface area contributed by atoms with Gasteiger partial charge in [0.1, 0.15) is 6.61 Å². The van der Waals surface area contributed by atoms with Crippen molar-refractivity contribution >= 4 is 5.96 Å². The Balaban J connectivity index is 1.73. The SMILES string of the molecule is FC(F)(F)c1ccc(OCCNC2=NCCCN2)nc1. The molecule has 1 aromatic rings. The van der Waals surface area contributed by atoms with E-state index in [0.29, 0.717) is 13.2 Å². The van der Waals surface area contributed by atoms with Crippen LogP contribution in [0.25, 0.3) is 0 Å². The van der Waals surface area contributed by atoms with E-state index in [4.69, 9.17) is 4.74 Å². The molecule has 0 bridgehead atoms. The Labute approximate surface area is 114 Å². The second kappa shape index (κ2) is 6.44. The molecule has 0 radical (unpaired) electrons. The van der Waals surface area contributed by atoms with Gasteiger partial charge in [0, 0.05) is 25.4 Å². The number of nitrogens with one attached hydrogen (secondary N) is 2. The van der Waals surface area contributed by atoms with Gasteiger partial charge in [-0.2, -0.15) is 13.2 Å². The first-order chi connectivity index (χ1) is 9.55. The molecule has 5 nitrogen and oxygen atoms in total. The number of pyridine rings is 1. The van der Waals surface area contributed by atoms with Crippen molar-refractivity contribution in [1.82, 2.24) is 15.6 Å². The van der Waals surface area contributed by atoms with Crippen LogP contribution in [0.5, 0.6) is 5.88 Å². The highest BCUT2D eigenvalue weighted by molar-refractivity contribution is 5.80. The lowest BCUT2D eigenvalue weighted by Gasteiger charge is -2.16. The lowest BCUT2D eigenvalue weighted by atomic mass is 10.3. The minimum absolute atomic E-state index is 0.165. The van der Waals surface area contributed by atoms with E-state index >= 15 is 0 Å². The standard InChI is InChI=1S/C12H15F3N4O/c13-12(14,15)9-2-3-10(19-8-9)20-7-6-18-11-16-4-1-5-17-11/h2-3,8H,1,4-7H2,(H2,16,17,18). The van der Waals surface area contributed by atoms with E-state index in [1.165, 1.54) is 6.07 Å². The van der Waals surface area contributed by atoms with Crippen LogP contribution < -0.4 is 15.4 Å². The molecule has 0 fully saturated rings. The Hall–Kier alpha value is -1.99. The number of hydrogen-bond donors (Lipinski definition) is 2. The number of guanidine groups is 1. The van der Waals surface area contributed by atoms with Crippen molar-refractivity contribution in [2.24, 2.45) is 4.99 Å². The second-order valence-electron chi connectivity index (χ2n) is 4.17. The quantitative estimate of drug-likeness (QED) is 0.823. The van der Waals surface area contributed by atoms with E-state index in [2.05, 4.69) is 20.6 Å². The Bertz CT molecular complexity index is 459. The summed E-state index contributed by atoms with van der Waals surface area (Å²) in [6, 6.07) is 2.15. The minimum atomic E-state index is -4.38. The summed E-state index contributed by atoms with van der Waals surface area (Å²) in [5.41, 5.74) is -0.788. The van der Waals surface area contributed by atoms with Crippen LogP contribution in [0.4, 0.5) is 13.2 Å². The van der Waals surface area contributed by atoms with E-state index < -0.39 is 11.7 Å². The van der Waals surface area contributed by atoms with Crippen molar-refractivity contribution in [2.75, 3.05) is 26.2 Å². The molecule has 0 aliphatic carbocycles. The van der Waals surface area contributed by atoms with Crippen LogP contribution in [0, 0.1) is 0 Å². The molecule has 8 heteroatoms. The van der Waals surface area contributed by atoms with Crippen LogP contribution in [-0.2, 0) is 6.18 Å². The van der Waals surface area contributed by atoms with Crippen molar-refractivity contribution < 1.29 is 17.9 Å². The molecule has 2 N–H and O–H groups in total. The maximum absolute atomic E-state index is 12.3. The van der Waals surface area contributed by atoms with Gasteiger partial charge < -0.3 is 15.4 Å². The van der Waals surface area contributed by atoms with Crippen molar-refractivity contribution in [3.05, 3.63) is 23.9 Å². The summed E-state index contributed by atoms with van der Waals surface area (Å²) < 4.78 is 42.2. The number of hydrogen-bond acceptors (Lipinski definition) is 5. The van der Waals surface area contributed by atoms with Gasteiger partial charge in [-0.3, -0.25) is 4.99 Å². The normalized spacial score (nSPS) is 15.2. The number of halogens is 3. The molecule has 0 amide bonds. The first-order valence-electron chi connectivity index (χ1n) is 6.24. The van der Waals surface area contributed by atoms with Crippen molar-refractivity contribution in [3.63, 3.8) is 0 Å². The van der Waals surface area contributed by atoms with Crippen LogP contribution in [0.15, 0.2) is 23.3 Å². The zero-order valence-electron chi connectivity index (χ0n) is 10.7. The average Bonchev–Trinajstić information content (AvgIpc) is 2.44. The number of rotatable bonds is 4. The van der Waals surface area contributed by atoms with Gasteiger partial charge in [0.2, 0.25) is 5.88 Å². The van der Waals surface area contributed by atoms with Crippen LogP contribution in [0.3, 0.4) is 0 Å². The fraction of sp³-hybridized carbons (Fsp3) is 0.500. The molecule has 20 heavy (non-hydrogen) atoms. The second-order valence-corrected chi connectivity index (χ2v) is 4.17. The Morgan fingerprint density at radius 2 is 2.20 bits per heavy atom. The molecule has 2 rings (SSSR count). The van der Waals surface area contributed by atoms with Gasteiger partial charge in [0.15, 0.2) is 5.96 Å². The number of aliphatic imine (C=N–C) groups is 1. The molecule has 0 aromatic carbocycles. The maximum atomic E-state index is 12.3. The zero-order valence-corrected chi connectivity index (χ0v) is 10.7.